The van der Waals surface area contributed by atoms with Gasteiger partial charge in [0.2, 0.25) is 0 Å². The SMILES string of the molecule is CSc1nnc(CCCNC(=O)c2ccc([N+](=O)[O-])cc2)n1CC(C)C. The molecule has 0 aliphatic heterocycles. The van der Waals surface area contributed by atoms with E-state index in [1.807, 2.05) is 6.26 Å². The highest BCUT2D eigenvalue weighted by Crippen LogP contribution is 2.17. The van der Waals surface area contributed by atoms with Crippen LogP contribution < -0.4 is 5.32 Å². The lowest BCUT2D eigenvalue weighted by molar-refractivity contribution is -0.384. The predicted molar refractivity (Wildman–Crippen MR) is 100 cm³/mol. The van der Waals surface area contributed by atoms with Crippen molar-refractivity contribution < 1.29 is 9.72 Å². The van der Waals surface area contributed by atoms with Crippen molar-refractivity contribution in [2.24, 2.45) is 5.92 Å². The van der Waals surface area contributed by atoms with Gasteiger partial charge in [-0.3, -0.25) is 14.9 Å². The first-order chi connectivity index (χ1) is 12.4. The van der Waals surface area contributed by atoms with Crippen molar-refractivity contribution >= 4 is 23.4 Å². The van der Waals surface area contributed by atoms with Gasteiger partial charge in [0, 0.05) is 37.2 Å². The summed E-state index contributed by atoms with van der Waals surface area (Å²) in [6, 6.07) is 5.56. The van der Waals surface area contributed by atoms with Crippen molar-refractivity contribution in [2.75, 3.05) is 12.8 Å². The van der Waals surface area contributed by atoms with Crippen LogP contribution in [0.25, 0.3) is 0 Å². The molecule has 0 spiro atoms. The quantitative estimate of drug-likeness (QED) is 0.312. The highest BCUT2D eigenvalue weighted by Gasteiger charge is 2.13. The molecule has 0 saturated carbocycles. The van der Waals surface area contributed by atoms with Gasteiger partial charge in [0.05, 0.1) is 4.92 Å². The van der Waals surface area contributed by atoms with E-state index in [4.69, 9.17) is 0 Å². The zero-order valence-electron chi connectivity index (χ0n) is 15.1. The zero-order valence-corrected chi connectivity index (χ0v) is 16.0. The van der Waals surface area contributed by atoms with E-state index in [2.05, 4.69) is 33.9 Å². The summed E-state index contributed by atoms with van der Waals surface area (Å²) in [5.41, 5.74) is 0.374. The van der Waals surface area contributed by atoms with Crippen LogP contribution in [-0.2, 0) is 13.0 Å². The number of nitrogens with zero attached hydrogens (tertiary/aromatic N) is 4. The summed E-state index contributed by atoms with van der Waals surface area (Å²) in [4.78, 5) is 22.2. The standard InChI is InChI=1S/C17H23N5O3S/c1-12(2)11-21-15(19-20-17(21)26-3)5-4-10-18-16(23)13-6-8-14(9-7-13)22(24)25/h6-9,12H,4-5,10-11H2,1-3H3,(H,18,23). The van der Waals surface area contributed by atoms with Crippen LogP contribution in [0.3, 0.4) is 0 Å². The molecule has 0 unspecified atom stereocenters. The Morgan fingerprint density at radius 3 is 2.58 bits per heavy atom. The molecule has 0 radical (unpaired) electrons. The second-order valence-electron chi connectivity index (χ2n) is 6.27. The Hall–Kier alpha value is -2.42. The molecule has 0 aliphatic rings. The lowest BCUT2D eigenvalue weighted by atomic mass is 10.2. The molecule has 9 heteroatoms. The smallest absolute Gasteiger partial charge is 0.269 e. The molecule has 0 bridgehead atoms. The molecule has 1 aromatic heterocycles. The monoisotopic (exact) mass is 377 g/mol. The Morgan fingerprint density at radius 1 is 1.31 bits per heavy atom. The molecule has 1 N–H and O–H groups in total. The molecule has 8 nitrogen and oxygen atoms in total. The van der Waals surface area contributed by atoms with Crippen LogP contribution in [0, 0.1) is 16.0 Å². The Bertz CT molecular complexity index is 758. The molecule has 26 heavy (non-hydrogen) atoms. The van der Waals surface area contributed by atoms with Crippen LogP contribution >= 0.6 is 11.8 Å². The van der Waals surface area contributed by atoms with Gasteiger partial charge in [0.25, 0.3) is 11.6 Å². The van der Waals surface area contributed by atoms with E-state index in [0.717, 1.165) is 30.4 Å². The molecule has 1 heterocycles. The minimum Gasteiger partial charge on any atom is -0.352 e. The Balaban J connectivity index is 1.85. The topological polar surface area (TPSA) is 103 Å². The molecule has 0 aliphatic carbocycles. The number of carbonyl (C=O) groups is 1. The van der Waals surface area contributed by atoms with Gasteiger partial charge in [-0.25, -0.2) is 0 Å². The van der Waals surface area contributed by atoms with Crippen LogP contribution in [-0.4, -0.2) is 38.4 Å². The van der Waals surface area contributed by atoms with Crippen molar-refractivity contribution in [1.82, 2.24) is 20.1 Å². The number of nitrogens with one attached hydrogen (secondary N) is 1. The fourth-order valence-corrected chi connectivity index (χ4v) is 3.01. The van der Waals surface area contributed by atoms with Crippen LogP contribution in [0.4, 0.5) is 5.69 Å². The maximum atomic E-state index is 12.1. The first-order valence-corrected chi connectivity index (χ1v) is 9.63. The van der Waals surface area contributed by atoms with Gasteiger partial charge in [0.15, 0.2) is 5.16 Å². The normalized spacial score (nSPS) is 10.9. The molecule has 0 fully saturated rings. The van der Waals surface area contributed by atoms with Gasteiger partial charge in [-0.15, -0.1) is 10.2 Å². The van der Waals surface area contributed by atoms with Crippen molar-refractivity contribution in [1.29, 1.82) is 0 Å². The summed E-state index contributed by atoms with van der Waals surface area (Å²) in [6.45, 7) is 5.67. The molecule has 1 amide bonds. The lowest BCUT2D eigenvalue weighted by Crippen LogP contribution is -2.25. The van der Waals surface area contributed by atoms with Crippen LogP contribution in [0.5, 0.6) is 0 Å². The predicted octanol–water partition coefficient (Wildman–Crippen LogP) is 2.93. The van der Waals surface area contributed by atoms with Crippen molar-refractivity contribution in [2.45, 2.75) is 38.4 Å². The summed E-state index contributed by atoms with van der Waals surface area (Å²) in [5.74, 6) is 1.18. The molecule has 2 rings (SSSR count). The first-order valence-electron chi connectivity index (χ1n) is 8.41. The molecular weight excluding hydrogens is 354 g/mol. The number of aryl methyl sites for hydroxylation is 1. The molecule has 140 valence electrons. The van der Waals surface area contributed by atoms with Crippen LogP contribution in [0.15, 0.2) is 29.4 Å². The van der Waals surface area contributed by atoms with Gasteiger partial charge in [-0.2, -0.15) is 0 Å². The number of carbonyl (C=O) groups excluding carboxylic acids is 1. The molecular formula is C17H23N5O3S. The van der Waals surface area contributed by atoms with E-state index in [-0.39, 0.29) is 11.6 Å². The largest absolute Gasteiger partial charge is 0.352 e. The zero-order chi connectivity index (χ0) is 19.1. The number of thioether (sulfide) groups is 1. The van der Waals surface area contributed by atoms with Crippen molar-refractivity contribution in [3.8, 4) is 0 Å². The second-order valence-corrected chi connectivity index (χ2v) is 7.04. The van der Waals surface area contributed by atoms with Gasteiger partial charge in [-0.1, -0.05) is 25.6 Å². The Labute approximate surface area is 156 Å². The number of benzene rings is 1. The highest BCUT2D eigenvalue weighted by atomic mass is 32.2. The Morgan fingerprint density at radius 2 is 2.00 bits per heavy atom. The summed E-state index contributed by atoms with van der Waals surface area (Å²) in [5, 5.41) is 22.8. The van der Waals surface area contributed by atoms with Gasteiger partial charge >= 0.3 is 0 Å². The van der Waals surface area contributed by atoms with Crippen molar-refractivity contribution in [3.63, 3.8) is 0 Å². The molecule has 0 atom stereocenters. The third-order valence-electron chi connectivity index (χ3n) is 3.73. The lowest BCUT2D eigenvalue weighted by Gasteiger charge is -2.11. The van der Waals surface area contributed by atoms with E-state index < -0.39 is 4.92 Å². The number of nitro benzene ring substituents is 1. The average Bonchev–Trinajstić information content (AvgIpc) is 2.99. The van der Waals surface area contributed by atoms with Crippen molar-refractivity contribution in [3.05, 3.63) is 45.8 Å². The number of hydrogen-bond donors (Lipinski definition) is 1. The average molecular weight is 377 g/mol. The summed E-state index contributed by atoms with van der Waals surface area (Å²) >= 11 is 1.57. The van der Waals surface area contributed by atoms with Crippen LogP contribution in [0.1, 0.15) is 36.5 Å². The third kappa shape index (κ3) is 5.29. The number of amides is 1. The number of nitro groups is 1. The fourth-order valence-electron chi connectivity index (χ4n) is 2.49. The maximum Gasteiger partial charge on any atom is 0.269 e. The van der Waals surface area contributed by atoms with Gasteiger partial charge in [0.1, 0.15) is 5.82 Å². The summed E-state index contributed by atoms with van der Waals surface area (Å²) in [6.07, 6.45) is 3.44. The number of aromatic nitrogens is 3. The van der Waals surface area contributed by atoms with Gasteiger partial charge < -0.3 is 9.88 Å². The highest BCUT2D eigenvalue weighted by molar-refractivity contribution is 7.98. The van der Waals surface area contributed by atoms with E-state index in [9.17, 15) is 14.9 Å². The summed E-state index contributed by atoms with van der Waals surface area (Å²) < 4.78 is 2.13. The minimum absolute atomic E-state index is 0.0318. The molecule has 1 aromatic carbocycles. The van der Waals surface area contributed by atoms with E-state index in [1.165, 1.54) is 24.3 Å². The maximum absolute atomic E-state index is 12.1. The summed E-state index contributed by atoms with van der Waals surface area (Å²) in [7, 11) is 0. The Kier molecular flexibility index (Phi) is 7.14. The number of rotatable bonds is 9. The van der Waals surface area contributed by atoms with E-state index in [0.29, 0.717) is 18.0 Å². The van der Waals surface area contributed by atoms with E-state index >= 15 is 0 Å². The van der Waals surface area contributed by atoms with Crippen LogP contribution in [0.2, 0.25) is 0 Å². The minimum atomic E-state index is -0.488. The fraction of sp³-hybridized carbons (Fsp3) is 0.471. The van der Waals surface area contributed by atoms with E-state index in [1.54, 1.807) is 11.8 Å². The number of hydrogen-bond acceptors (Lipinski definition) is 6. The van der Waals surface area contributed by atoms with Gasteiger partial charge in [-0.05, 0) is 30.7 Å². The molecule has 2 aromatic rings. The second kappa shape index (κ2) is 9.33. The first kappa shape index (κ1) is 19.9. The number of non-ortho nitro benzene ring substituents is 1. The third-order valence-corrected chi connectivity index (χ3v) is 4.39. The molecule has 0 saturated heterocycles.